The lowest BCUT2D eigenvalue weighted by molar-refractivity contribution is -0.113. The van der Waals surface area contributed by atoms with Gasteiger partial charge >= 0.3 is 0 Å². The Morgan fingerprint density at radius 1 is 0.968 bits per heavy atom. The number of aromatic nitrogens is 3. The fourth-order valence-corrected chi connectivity index (χ4v) is 4.34. The van der Waals surface area contributed by atoms with Gasteiger partial charge in [0.2, 0.25) is 5.91 Å². The van der Waals surface area contributed by atoms with E-state index in [-0.39, 0.29) is 11.7 Å². The van der Waals surface area contributed by atoms with Crippen molar-refractivity contribution in [1.29, 1.82) is 5.26 Å². The molecule has 2 aromatic heterocycles. The van der Waals surface area contributed by atoms with Gasteiger partial charge in [0.05, 0.1) is 34.8 Å². The Labute approximate surface area is 182 Å². The smallest absolute Gasteiger partial charge is 0.234 e. The maximum atomic E-state index is 12.6. The number of imidazole rings is 1. The van der Waals surface area contributed by atoms with Gasteiger partial charge in [0.15, 0.2) is 5.16 Å². The number of hydrogen-bond donors (Lipinski definition) is 1. The molecule has 0 radical (unpaired) electrons. The second-order valence-corrected chi connectivity index (χ2v) is 7.98. The van der Waals surface area contributed by atoms with Gasteiger partial charge in [-0.25, -0.2) is 9.97 Å². The third kappa shape index (κ3) is 3.69. The minimum absolute atomic E-state index is 0.120. The fraction of sp³-hybridized carbons (Fsp3) is 0.0833. The van der Waals surface area contributed by atoms with Crippen molar-refractivity contribution in [1.82, 2.24) is 14.4 Å². The topological polar surface area (TPSA) is 83.1 Å². The molecule has 31 heavy (non-hydrogen) atoms. The highest BCUT2D eigenvalue weighted by atomic mass is 32.2. The van der Waals surface area contributed by atoms with Crippen LogP contribution >= 0.6 is 11.8 Å². The minimum atomic E-state index is -0.120. The van der Waals surface area contributed by atoms with Gasteiger partial charge in [-0.1, -0.05) is 48.2 Å². The van der Waals surface area contributed by atoms with Crippen LogP contribution in [0.4, 0.5) is 5.69 Å². The predicted molar refractivity (Wildman–Crippen MR) is 123 cm³/mol. The number of thioether (sulfide) groups is 1. The van der Waals surface area contributed by atoms with Crippen molar-refractivity contribution in [3.8, 4) is 6.07 Å². The van der Waals surface area contributed by atoms with Crippen LogP contribution in [-0.4, -0.2) is 26.0 Å². The number of nitrogens with zero attached hydrogens (tertiary/aromatic N) is 4. The summed E-state index contributed by atoms with van der Waals surface area (Å²) < 4.78 is 2.02. The van der Waals surface area contributed by atoms with Crippen molar-refractivity contribution in [3.63, 3.8) is 0 Å². The van der Waals surface area contributed by atoms with E-state index in [1.165, 1.54) is 11.8 Å². The van der Waals surface area contributed by atoms with Gasteiger partial charge in [-0.05, 0) is 42.0 Å². The van der Waals surface area contributed by atoms with Crippen molar-refractivity contribution in [2.75, 3.05) is 11.1 Å². The maximum Gasteiger partial charge on any atom is 0.234 e. The van der Waals surface area contributed by atoms with Gasteiger partial charge in [-0.2, -0.15) is 5.26 Å². The van der Waals surface area contributed by atoms with Crippen molar-refractivity contribution in [2.24, 2.45) is 0 Å². The number of carbonyl (C=O) groups is 1. The first-order chi connectivity index (χ1) is 15.2. The molecule has 0 aliphatic rings. The summed E-state index contributed by atoms with van der Waals surface area (Å²) in [6.45, 7) is 0. The number of amides is 1. The first-order valence-electron chi connectivity index (χ1n) is 9.77. The normalized spacial score (nSPS) is 11.1. The first-order valence-corrected chi connectivity index (χ1v) is 10.8. The lowest BCUT2D eigenvalue weighted by atomic mass is 10.1. The summed E-state index contributed by atoms with van der Waals surface area (Å²) in [4.78, 5) is 22.2. The number of para-hydroxylation sites is 3. The second kappa shape index (κ2) is 8.09. The van der Waals surface area contributed by atoms with E-state index in [0.29, 0.717) is 12.1 Å². The molecule has 0 fully saturated rings. The molecule has 0 unspecified atom stereocenters. The van der Waals surface area contributed by atoms with E-state index >= 15 is 0 Å². The average molecular weight is 424 g/mol. The van der Waals surface area contributed by atoms with E-state index in [4.69, 9.17) is 15.2 Å². The van der Waals surface area contributed by atoms with Crippen LogP contribution < -0.4 is 5.32 Å². The number of anilines is 1. The quantitative estimate of drug-likeness (QED) is 0.323. The molecule has 2 heterocycles. The molecule has 5 aromatic rings. The van der Waals surface area contributed by atoms with Gasteiger partial charge < -0.3 is 5.32 Å². The predicted octanol–water partition coefficient (Wildman–Crippen LogP) is 4.83. The molecule has 0 aliphatic heterocycles. The summed E-state index contributed by atoms with van der Waals surface area (Å²) in [5.41, 5.74) is 5.17. The Hall–Kier alpha value is -3.89. The number of nitriles is 1. The van der Waals surface area contributed by atoms with Crippen LogP contribution in [0, 0.1) is 11.3 Å². The van der Waals surface area contributed by atoms with E-state index in [2.05, 4.69) is 11.4 Å². The highest BCUT2D eigenvalue weighted by Gasteiger charge is 2.15. The number of nitrogens with one attached hydrogen (secondary N) is 1. The van der Waals surface area contributed by atoms with E-state index < -0.39 is 0 Å². The molecule has 3 aromatic carbocycles. The monoisotopic (exact) mass is 423 g/mol. The number of rotatable bonds is 5. The van der Waals surface area contributed by atoms with E-state index in [1.54, 1.807) is 0 Å². The minimum Gasteiger partial charge on any atom is -0.325 e. The summed E-state index contributed by atoms with van der Waals surface area (Å²) in [6.07, 6.45) is 0.354. The van der Waals surface area contributed by atoms with Gasteiger partial charge in [-0.3, -0.25) is 9.20 Å². The number of hydrogen-bond acceptors (Lipinski definition) is 5. The first kappa shape index (κ1) is 19.1. The van der Waals surface area contributed by atoms with Crippen LogP contribution in [-0.2, 0) is 11.2 Å². The third-order valence-electron chi connectivity index (χ3n) is 4.97. The molecule has 0 saturated heterocycles. The van der Waals surface area contributed by atoms with Crippen LogP contribution in [0.25, 0.3) is 27.6 Å². The van der Waals surface area contributed by atoms with Crippen LogP contribution in [0.15, 0.2) is 78.0 Å². The summed E-state index contributed by atoms with van der Waals surface area (Å²) in [6, 6.07) is 25.3. The lowest BCUT2D eigenvalue weighted by Gasteiger charge is -2.09. The van der Waals surface area contributed by atoms with Crippen LogP contribution in [0.2, 0.25) is 0 Å². The molecule has 0 saturated carbocycles. The fourth-order valence-electron chi connectivity index (χ4n) is 3.53. The summed E-state index contributed by atoms with van der Waals surface area (Å²) >= 11 is 1.38. The molecule has 1 N–H and O–H groups in total. The SMILES string of the molecule is N#CCc1ccc(NC(=O)CSc2nc3ccccc3c3nc4ccccc4n23)cc1. The molecule has 0 bridgehead atoms. The van der Waals surface area contributed by atoms with Crippen LogP contribution in [0.5, 0.6) is 0 Å². The van der Waals surface area contributed by atoms with Gasteiger partial charge in [-0.15, -0.1) is 0 Å². The second-order valence-electron chi connectivity index (χ2n) is 7.04. The number of benzene rings is 3. The van der Waals surface area contributed by atoms with Crippen molar-refractivity contribution < 1.29 is 4.79 Å². The van der Waals surface area contributed by atoms with Crippen molar-refractivity contribution in [3.05, 3.63) is 78.4 Å². The van der Waals surface area contributed by atoms with E-state index in [0.717, 1.165) is 38.3 Å². The molecule has 0 atom stereocenters. The van der Waals surface area contributed by atoms with Gasteiger partial charge in [0.1, 0.15) is 5.65 Å². The number of carbonyl (C=O) groups excluding carboxylic acids is 1. The molecule has 6 nitrogen and oxygen atoms in total. The zero-order chi connectivity index (χ0) is 21.2. The van der Waals surface area contributed by atoms with Gasteiger partial charge in [0, 0.05) is 11.1 Å². The number of fused-ring (bicyclic) bond motifs is 5. The molecule has 0 aliphatic carbocycles. The van der Waals surface area contributed by atoms with Crippen LogP contribution in [0.1, 0.15) is 5.56 Å². The molecular formula is C24H17N5OS. The summed E-state index contributed by atoms with van der Waals surface area (Å²) in [5.74, 6) is 0.0953. The molecule has 150 valence electrons. The Balaban J connectivity index is 1.44. The summed E-state index contributed by atoms with van der Waals surface area (Å²) in [7, 11) is 0. The van der Waals surface area contributed by atoms with Crippen molar-refractivity contribution in [2.45, 2.75) is 11.6 Å². The molecule has 5 rings (SSSR count). The highest BCUT2D eigenvalue weighted by molar-refractivity contribution is 7.99. The largest absolute Gasteiger partial charge is 0.325 e. The van der Waals surface area contributed by atoms with Gasteiger partial charge in [0.25, 0.3) is 0 Å². The summed E-state index contributed by atoms with van der Waals surface area (Å²) in [5, 5.41) is 13.4. The standard InChI is InChI=1S/C24H17N5OS/c25-14-13-16-9-11-17(12-10-16)26-22(30)15-31-24-28-19-6-2-1-5-18(19)23-27-20-7-3-4-8-21(20)29(23)24/h1-12H,13,15H2,(H,26,30). The lowest BCUT2D eigenvalue weighted by Crippen LogP contribution is -2.14. The maximum absolute atomic E-state index is 12.6. The van der Waals surface area contributed by atoms with E-state index in [9.17, 15) is 4.79 Å². The van der Waals surface area contributed by atoms with Crippen molar-refractivity contribution >= 4 is 50.9 Å². The molecular weight excluding hydrogens is 406 g/mol. The Morgan fingerprint density at radius 3 is 2.52 bits per heavy atom. The molecule has 1 amide bonds. The zero-order valence-corrected chi connectivity index (χ0v) is 17.3. The average Bonchev–Trinajstić information content (AvgIpc) is 3.19. The molecule has 7 heteroatoms. The Kier molecular flexibility index (Phi) is 4.98. The molecule has 0 spiro atoms. The zero-order valence-electron chi connectivity index (χ0n) is 16.4. The Morgan fingerprint density at radius 2 is 1.71 bits per heavy atom. The third-order valence-corrected chi connectivity index (χ3v) is 5.90. The highest BCUT2D eigenvalue weighted by Crippen LogP contribution is 2.29. The van der Waals surface area contributed by atoms with Crippen LogP contribution in [0.3, 0.4) is 0 Å². The van der Waals surface area contributed by atoms with E-state index in [1.807, 2.05) is 77.2 Å². The Bertz CT molecular complexity index is 1470.